The normalized spacial score (nSPS) is 11.6. The van der Waals surface area contributed by atoms with Crippen LogP contribution in [0.5, 0.6) is 0 Å². The molecular weight excluding hydrogens is 261 g/mol. The molecule has 0 unspecified atom stereocenters. The molecule has 0 radical (unpaired) electrons. The molecule has 0 saturated heterocycles. The summed E-state index contributed by atoms with van der Waals surface area (Å²) in [5.74, 6) is 5.62. The van der Waals surface area contributed by atoms with Crippen LogP contribution in [0.25, 0.3) is 0 Å². The van der Waals surface area contributed by atoms with Crippen molar-refractivity contribution in [1.29, 1.82) is 0 Å². The van der Waals surface area contributed by atoms with E-state index in [0.29, 0.717) is 16.9 Å². The lowest BCUT2D eigenvalue weighted by molar-refractivity contribution is 0.627. The Morgan fingerprint density at radius 3 is 2.87 bits per heavy atom. The Kier molecular flexibility index (Phi) is 4.71. The van der Waals surface area contributed by atoms with Gasteiger partial charge in [0.05, 0.1) is 0 Å². The molecule has 0 amide bonds. The summed E-state index contributed by atoms with van der Waals surface area (Å²) in [6.45, 7) is 2.71. The number of benzene rings is 1. The van der Waals surface area contributed by atoms with E-state index in [2.05, 4.69) is 26.3 Å². The predicted molar refractivity (Wildman–Crippen MR) is 63.1 cm³/mol. The molecule has 0 bridgehead atoms. The zero-order valence-electron chi connectivity index (χ0n) is 8.43. The van der Waals surface area contributed by atoms with Crippen molar-refractivity contribution in [3.63, 3.8) is 0 Å². The molecule has 0 aromatic heterocycles. The van der Waals surface area contributed by atoms with Crippen LogP contribution >= 0.6 is 15.9 Å². The molecular formula is C10H13BrFN3. The van der Waals surface area contributed by atoms with Crippen LogP contribution in [0.15, 0.2) is 27.7 Å². The third kappa shape index (κ3) is 3.28. The Labute approximate surface area is 96.7 Å². The Balaban J connectivity index is 3.02. The highest BCUT2D eigenvalue weighted by Gasteiger charge is 2.06. The molecule has 1 aromatic carbocycles. The lowest BCUT2D eigenvalue weighted by Crippen LogP contribution is -2.31. The lowest BCUT2D eigenvalue weighted by Gasteiger charge is -2.07. The van der Waals surface area contributed by atoms with Crippen LogP contribution in [-0.2, 0) is 0 Å². The summed E-state index contributed by atoms with van der Waals surface area (Å²) >= 11 is 3.26. The van der Waals surface area contributed by atoms with Crippen molar-refractivity contribution in [3.8, 4) is 0 Å². The Hall–Kier alpha value is -0.940. The molecule has 82 valence electrons. The molecule has 15 heavy (non-hydrogen) atoms. The minimum atomic E-state index is -0.294. The van der Waals surface area contributed by atoms with Gasteiger partial charge in [-0.2, -0.15) is 0 Å². The molecule has 0 fully saturated rings. The maximum Gasteiger partial charge on any atom is 0.143 e. The first kappa shape index (κ1) is 12.1. The SMILES string of the molecule is CCCN=C(NN)c1ccc(F)cc1Br. The molecule has 1 aromatic rings. The average Bonchev–Trinajstić information content (AvgIpc) is 2.21. The minimum absolute atomic E-state index is 0.294. The topological polar surface area (TPSA) is 50.4 Å². The van der Waals surface area contributed by atoms with Crippen LogP contribution in [0.4, 0.5) is 4.39 Å². The second kappa shape index (κ2) is 5.82. The number of hydrogen-bond donors (Lipinski definition) is 2. The van der Waals surface area contributed by atoms with Gasteiger partial charge in [-0.3, -0.25) is 4.99 Å². The van der Waals surface area contributed by atoms with Gasteiger partial charge in [0, 0.05) is 16.6 Å². The number of rotatable bonds is 3. The maximum absolute atomic E-state index is 12.8. The molecule has 5 heteroatoms. The fraction of sp³-hybridized carbons (Fsp3) is 0.300. The predicted octanol–water partition coefficient (Wildman–Crippen LogP) is 2.21. The third-order valence-electron chi connectivity index (χ3n) is 1.82. The molecule has 0 aliphatic carbocycles. The maximum atomic E-state index is 12.8. The standard InChI is InChI=1S/C10H13BrFN3/c1-2-5-14-10(15-13)8-4-3-7(12)6-9(8)11/h3-4,6H,2,5,13H2,1H3,(H,14,15). The molecule has 0 atom stereocenters. The third-order valence-corrected chi connectivity index (χ3v) is 2.47. The van der Waals surface area contributed by atoms with E-state index in [-0.39, 0.29) is 5.82 Å². The van der Waals surface area contributed by atoms with Crippen molar-refractivity contribution in [3.05, 3.63) is 34.1 Å². The largest absolute Gasteiger partial charge is 0.308 e. The van der Waals surface area contributed by atoms with Gasteiger partial charge in [-0.05, 0) is 40.5 Å². The van der Waals surface area contributed by atoms with E-state index in [9.17, 15) is 4.39 Å². The Morgan fingerprint density at radius 2 is 2.33 bits per heavy atom. The van der Waals surface area contributed by atoms with Gasteiger partial charge in [-0.1, -0.05) is 6.92 Å². The van der Waals surface area contributed by atoms with Crippen molar-refractivity contribution in [1.82, 2.24) is 5.43 Å². The molecule has 0 aliphatic heterocycles. The first-order valence-corrected chi connectivity index (χ1v) is 5.44. The van der Waals surface area contributed by atoms with Gasteiger partial charge in [0.25, 0.3) is 0 Å². The van der Waals surface area contributed by atoms with Gasteiger partial charge in [-0.15, -0.1) is 0 Å². The average molecular weight is 274 g/mol. The number of amidine groups is 1. The zero-order chi connectivity index (χ0) is 11.3. The molecule has 0 heterocycles. The summed E-state index contributed by atoms with van der Waals surface area (Å²) < 4.78 is 13.5. The highest BCUT2D eigenvalue weighted by Crippen LogP contribution is 2.18. The van der Waals surface area contributed by atoms with E-state index in [1.54, 1.807) is 6.07 Å². The van der Waals surface area contributed by atoms with E-state index in [0.717, 1.165) is 12.0 Å². The van der Waals surface area contributed by atoms with E-state index >= 15 is 0 Å². The fourth-order valence-corrected chi connectivity index (χ4v) is 1.65. The number of aliphatic imine (C=N–C) groups is 1. The number of hydrazine groups is 1. The summed E-state index contributed by atoms with van der Waals surface area (Å²) in [4.78, 5) is 4.25. The zero-order valence-corrected chi connectivity index (χ0v) is 10.0. The van der Waals surface area contributed by atoms with Gasteiger partial charge in [-0.25, -0.2) is 10.2 Å². The minimum Gasteiger partial charge on any atom is -0.308 e. The first-order valence-electron chi connectivity index (χ1n) is 4.65. The van der Waals surface area contributed by atoms with Gasteiger partial charge in [0.1, 0.15) is 11.7 Å². The summed E-state index contributed by atoms with van der Waals surface area (Å²) in [6, 6.07) is 4.39. The van der Waals surface area contributed by atoms with E-state index in [1.165, 1.54) is 12.1 Å². The number of hydrogen-bond acceptors (Lipinski definition) is 2. The molecule has 3 nitrogen and oxygen atoms in total. The van der Waals surface area contributed by atoms with Crippen molar-refractivity contribution in [2.75, 3.05) is 6.54 Å². The molecule has 1 rings (SSSR count). The Bertz CT molecular complexity index is 366. The number of nitrogens with two attached hydrogens (primary N) is 1. The van der Waals surface area contributed by atoms with Crippen LogP contribution in [0.2, 0.25) is 0 Å². The lowest BCUT2D eigenvalue weighted by atomic mass is 10.2. The van der Waals surface area contributed by atoms with Gasteiger partial charge in [0.15, 0.2) is 0 Å². The highest BCUT2D eigenvalue weighted by molar-refractivity contribution is 9.10. The monoisotopic (exact) mass is 273 g/mol. The van der Waals surface area contributed by atoms with Crippen LogP contribution in [0, 0.1) is 5.82 Å². The van der Waals surface area contributed by atoms with Gasteiger partial charge >= 0.3 is 0 Å². The fourth-order valence-electron chi connectivity index (χ4n) is 1.11. The quantitative estimate of drug-likeness (QED) is 0.384. The van der Waals surface area contributed by atoms with Crippen molar-refractivity contribution in [2.45, 2.75) is 13.3 Å². The second-order valence-electron chi connectivity index (χ2n) is 3.00. The van der Waals surface area contributed by atoms with Crippen LogP contribution in [0.1, 0.15) is 18.9 Å². The van der Waals surface area contributed by atoms with Crippen molar-refractivity contribution >= 4 is 21.8 Å². The first-order chi connectivity index (χ1) is 7.19. The molecule has 3 N–H and O–H groups in total. The second-order valence-corrected chi connectivity index (χ2v) is 3.85. The van der Waals surface area contributed by atoms with E-state index in [1.807, 2.05) is 6.92 Å². The number of halogens is 2. The van der Waals surface area contributed by atoms with Gasteiger partial charge < -0.3 is 5.43 Å². The van der Waals surface area contributed by atoms with Gasteiger partial charge in [0.2, 0.25) is 0 Å². The highest BCUT2D eigenvalue weighted by atomic mass is 79.9. The van der Waals surface area contributed by atoms with Crippen molar-refractivity contribution in [2.24, 2.45) is 10.8 Å². The number of nitrogens with zero attached hydrogens (tertiary/aromatic N) is 1. The van der Waals surface area contributed by atoms with E-state index in [4.69, 9.17) is 5.84 Å². The smallest absolute Gasteiger partial charge is 0.143 e. The van der Waals surface area contributed by atoms with E-state index < -0.39 is 0 Å². The summed E-state index contributed by atoms with van der Waals surface area (Å²) in [6.07, 6.45) is 0.935. The number of nitrogens with one attached hydrogen (secondary N) is 1. The molecule has 0 saturated carbocycles. The summed E-state index contributed by atoms with van der Waals surface area (Å²) in [7, 11) is 0. The Morgan fingerprint density at radius 1 is 1.60 bits per heavy atom. The van der Waals surface area contributed by atoms with Crippen LogP contribution in [0.3, 0.4) is 0 Å². The van der Waals surface area contributed by atoms with Crippen molar-refractivity contribution < 1.29 is 4.39 Å². The summed E-state index contributed by atoms with van der Waals surface area (Å²) in [5, 5.41) is 0. The van der Waals surface area contributed by atoms with Crippen LogP contribution in [-0.4, -0.2) is 12.4 Å². The molecule has 0 spiro atoms. The summed E-state index contributed by atoms with van der Waals surface area (Å²) in [5.41, 5.74) is 3.27. The van der Waals surface area contributed by atoms with Crippen LogP contribution < -0.4 is 11.3 Å². The molecule has 0 aliphatic rings.